The van der Waals surface area contributed by atoms with Crippen molar-refractivity contribution < 1.29 is 9.90 Å². The molecule has 0 aliphatic heterocycles. The summed E-state index contributed by atoms with van der Waals surface area (Å²) in [5.74, 6) is 0.287. The number of aliphatic hydroxyl groups excluding tert-OH is 1. The second-order valence-electron chi connectivity index (χ2n) is 6.04. The Morgan fingerprint density at radius 2 is 2.17 bits per heavy atom. The maximum Gasteiger partial charge on any atom is 0.223 e. The van der Waals surface area contributed by atoms with Gasteiger partial charge in [-0.1, -0.05) is 26.7 Å². The molecule has 106 valence electrons. The SMILES string of the molecule is CSC(CO)C(C)NC(=O)C1CCCCC1(C)C. The highest BCUT2D eigenvalue weighted by atomic mass is 32.2. The summed E-state index contributed by atoms with van der Waals surface area (Å²) in [4.78, 5) is 12.4. The van der Waals surface area contributed by atoms with Crippen LogP contribution in [0.3, 0.4) is 0 Å². The van der Waals surface area contributed by atoms with Crippen LogP contribution in [0.15, 0.2) is 0 Å². The number of carbonyl (C=O) groups is 1. The van der Waals surface area contributed by atoms with E-state index < -0.39 is 0 Å². The number of nitrogens with one attached hydrogen (secondary N) is 1. The summed E-state index contributed by atoms with van der Waals surface area (Å²) in [5, 5.41) is 12.4. The molecule has 1 saturated carbocycles. The molecule has 2 N–H and O–H groups in total. The Morgan fingerprint density at radius 3 is 2.67 bits per heavy atom. The molecule has 0 aromatic heterocycles. The van der Waals surface area contributed by atoms with Crippen LogP contribution in [0.4, 0.5) is 0 Å². The standard InChI is InChI=1S/C14H27NO2S/c1-10(12(9-16)18-4)15-13(17)11-7-5-6-8-14(11,2)3/h10-12,16H,5-9H2,1-4H3,(H,15,17). The van der Waals surface area contributed by atoms with E-state index in [4.69, 9.17) is 0 Å². The smallest absolute Gasteiger partial charge is 0.223 e. The van der Waals surface area contributed by atoms with Gasteiger partial charge in [-0.15, -0.1) is 0 Å². The molecule has 1 aliphatic rings. The summed E-state index contributed by atoms with van der Waals surface area (Å²) < 4.78 is 0. The number of rotatable bonds is 5. The third kappa shape index (κ3) is 3.89. The second kappa shape index (κ2) is 6.80. The van der Waals surface area contributed by atoms with E-state index in [0.717, 1.165) is 19.3 Å². The average molecular weight is 273 g/mol. The van der Waals surface area contributed by atoms with Crippen molar-refractivity contribution >= 4 is 17.7 Å². The Hall–Kier alpha value is -0.220. The Bertz CT molecular complexity index is 277. The van der Waals surface area contributed by atoms with E-state index in [2.05, 4.69) is 19.2 Å². The molecular weight excluding hydrogens is 246 g/mol. The fourth-order valence-electron chi connectivity index (χ4n) is 2.83. The molecule has 3 nitrogen and oxygen atoms in total. The van der Waals surface area contributed by atoms with Crippen LogP contribution in [-0.4, -0.2) is 35.2 Å². The third-order valence-electron chi connectivity index (χ3n) is 4.23. The van der Waals surface area contributed by atoms with Crippen molar-refractivity contribution in [2.45, 2.75) is 57.7 Å². The minimum absolute atomic E-state index is 0.0234. The first-order valence-electron chi connectivity index (χ1n) is 6.86. The van der Waals surface area contributed by atoms with Gasteiger partial charge in [-0.05, 0) is 31.4 Å². The highest BCUT2D eigenvalue weighted by Gasteiger charge is 2.37. The first kappa shape index (κ1) is 15.8. The number of aliphatic hydroxyl groups is 1. The molecule has 1 fully saturated rings. The quantitative estimate of drug-likeness (QED) is 0.809. The van der Waals surface area contributed by atoms with Crippen LogP contribution < -0.4 is 5.32 Å². The Kier molecular flexibility index (Phi) is 5.99. The first-order valence-corrected chi connectivity index (χ1v) is 8.15. The Labute approximate surface area is 115 Å². The molecule has 4 heteroatoms. The molecule has 1 aliphatic carbocycles. The molecule has 18 heavy (non-hydrogen) atoms. The van der Waals surface area contributed by atoms with Gasteiger partial charge in [0.05, 0.1) is 6.61 Å². The van der Waals surface area contributed by atoms with Gasteiger partial charge in [-0.2, -0.15) is 11.8 Å². The molecule has 3 unspecified atom stereocenters. The van der Waals surface area contributed by atoms with E-state index in [1.165, 1.54) is 6.42 Å². The van der Waals surface area contributed by atoms with Gasteiger partial charge in [0.1, 0.15) is 0 Å². The monoisotopic (exact) mass is 273 g/mol. The molecule has 0 radical (unpaired) electrons. The number of hydrogen-bond donors (Lipinski definition) is 2. The summed E-state index contributed by atoms with van der Waals surface area (Å²) in [6.45, 7) is 6.47. The fourth-order valence-corrected chi connectivity index (χ4v) is 3.46. The summed E-state index contributed by atoms with van der Waals surface area (Å²) in [6.07, 6.45) is 6.48. The Morgan fingerprint density at radius 1 is 1.50 bits per heavy atom. The normalized spacial score (nSPS) is 26.4. The average Bonchev–Trinajstić information content (AvgIpc) is 2.29. The van der Waals surface area contributed by atoms with E-state index in [9.17, 15) is 9.90 Å². The minimum atomic E-state index is 0.0234. The lowest BCUT2D eigenvalue weighted by molar-refractivity contribution is -0.130. The lowest BCUT2D eigenvalue weighted by atomic mass is 9.68. The molecule has 1 amide bonds. The molecule has 0 bridgehead atoms. The van der Waals surface area contributed by atoms with E-state index in [0.29, 0.717) is 0 Å². The lowest BCUT2D eigenvalue weighted by Crippen LogP contribution is -2.47. The first-order chi connectivity index (χ1) is 8.42. The van der Waals surface area contributed by atoms with Crippen molar-refractivity contribution in [3.05, 3.63) is 0 Å². The van der Waals surface area contributed by atoms with Crippen LogP contribution in [0.25, 0.3) is 0 Å². The van der Waals surface area contributed by atoms with Crippen LogP contribution >= 0.6 is 11.8 Å². The van der Waals surface area contributed by atoms with Gasteiger partial charge < -0.3 is 10.4 Å². The highest BCUT2D eigenvalue weighted by Crippen LogP contribution is 2.40. The van der Waals surface area contributed by atoms with Crippen molar-refractivity contribution in [2.24, 2.45) is 11.3 Å². The van der Waals surface area contributed by atoms with Crippen LogP contribution in [0.5, 0.6) is 0 Å². The zero-order valence-corrected chi connectivity index (χ0v) is 12.8. The number of carbonyl (C=O) groups excluding carboxylic acids is 1. The van der Waals surface area contributed by atoms with E-state index in [-0.39, 0.29) is 35.1 Å². The minimum Gasteiger partial charge on any atom is -0.395 e. The number of amides is 1. The summed E-state index contributed by atoms with van der Waals surface area (Å²) in [6, 6.07) is 0.0234. The largest absolute Gasteiger partial charge is 0.395 e. The molecule has 0 aromatic carbocycles. The van der Waals surface area contributed by atoms with Crippen LogP contribution in [-0.2, 0) is 4.79 Å². The summed E-state index contributed by atoms with van der Waals surface area (Å²) in [5.41, 5.74) is 0.107. The second-order valence-corrected chi connectivity index (χ2v) is 7.12. The van der Waals surface area contributed by atoms with Crippen LogP contribution in [0, 0.1) is 11.3 Å². The van der Waals surface area contributed by atoms with Crippen molar-refractivity contribution in [1.29, 1.82) is 0 Å². The van der Waals surface area contributed by atoms with E-state index in [1.807, 2.05) is 13.2 Å². The molecule has 0 saturated heterocycles. The molecule has 3 atom stereocenters. The molecule has 0 spiro atoms. The molecular formula is C14H27NO2S. The molecule has 1 rings (SSSR count). The van der Waals surface area contributed by atoms with E-state index in [1.54, 1.807) is 11.8 Å². The van der Waals surface area contributed by atoms with Crippen LogP contribution in [0.2, 0.25) is 0 Å². The van der Waals surface area contributed by atoms with E-state index >= 15 is 0 Å². The van der Waals surface area contributed by atoms with Gasteiger partial charge in [0, 0.05) is 17.2 Å². The topological polar surface area (TPSA) is 49.3 Å². The summed E-state index contributed by atoms with van der Waals surface area (Å²) >= 11 is 1.60. The predicted molar refractivity (Wildman–Crippen MR) is 77.7 cm³/mol. The van der Waals surface area contributed by atoms with Gasteiger partial charge in [-0.3, -0.25) is 4.79 Å². The van der Waals surface area contributed by atoms with Gasteiger partial charge >= 0.3 is 0 Å². The van der Waals surface area contributed by atoms with Crippen molar-refractivity contribution in [1.82, 2.24) is 5.32 Å². The van der Waals surface area contributed by atoms with Crippen molar-refractivity contribution in [3.63, 3.8) is 0 Å². The van der Waals surface area contributed by atoms with Crippen molar-refractivity contribution in [3.8, 4) is 0 Å². The van der Waals surface area contributed by atoms with Crippen molar-refractivity contribution in [2.75, 3.05) is 12.9 Å². The zero-order chi connectivity index (χ0) is 13.8. The molecule has 0 heterocycles. The Balaban J connectivity index is 2.58. The predicted octanol–water partition coefficient (Wildman–Crippen LogP) is 2.43. The van der Waals surface area contributed by atoms with Gasteiger partial charge in [0.2, 0.25) is 5.91 Å². The maximum atomic E-state index is 12.4. The zero-order valence-electron chi connectivity index (χ0n) is 12.0. The maximum absolute atomic E-state index is 12.4. The number of thioether (sulfide) groups is 1. The lowest BCUT2D eigenvalue weighted by Gasteiger charge is -2.38. The van der Waals surface area contributed by atoms with Gasteiger partial charge in [0.15, 0.2) is 0 Å². The highest BCUT2D eigenvalue weighted by molar-refractivity contribution is 7.99. The number of hydrogen-bond acceptors (Lipinski definition) is 3. The third-order valence-corrected chi connectivity index (χ3v) is 5.40. The van der Waals surface area contributed by atoms with Gasteiger partial charge in [-0.25, -0.2) is 0 Å². The summed E-state index contributed by atoms with van der Waals surface area (Å²) in [7, 11) is 0. The fraction of sp³-hybridized carbons (Fsp3) is 0.929. The van der Waals surface area contributed by atoms with Gasteiger partial charge in [0.25, 0.3) is 0 Å². The molecule has 0 aromatic rings. The van der Waals surface area contributed by atoms with Crippen LogP contribution in [0.1, 0.15) is 46.5 Å².